The van der Waals surface area contributed by atoms with Crippen LogP contribution in [0.4, 0.5) is 11.4 Å². The highest BCUT2D eigenvalue weighted by atomic mass is 14.9. The molecule has 1 nitrogen and oxygen atoms in total. The summed E-state index contributed by atoms with van der Waals surface area (Å²) in [4.78, 5) is 0. The lowest BCUT2D eigenvalue weighted by molar-refractivity contribution is 1.62. The maximum Gasteiger partial charge on any atom is 0.0464 e. The van der Waals surface area contributed by atoms with Crippen molar-refractivity contribution in [1.82, 2.24) is 0 Å². The molecular weight excluding hydrogens is 398 g/mol. The Kier molecular flexibility index (Phi) is 3.19. The molecule has 0 atom stereocenters. The summed E-state index contributed by atoms with van der Waals surface area (Å²) >= 11 is 0. The Labute approximate surface area is 192 Å². The minimum absolute atomic E-state index is 1.15. The molecule has 2 aliphatic carbocycles. The van der Waals surface area contributed by atoms with Gasteiger partial charge in [0.2, 0.25) is 0 Å². The molecule has 0 bridgehead atoms. The Morgan fingerprint density at radius 3 is 1.09 bits per heavy atom. The molecule has 0 amide bonds. The molecular formula is C32H19N. The molecule has 6 aromatic carbocycles. The third-order valence-electron chi connectivity index (χ3n) is 7.37. The molecule has 0 aliphatic heterocycles. The van der Waals surface area contributed by atoms with Gasteiger partial charge in [-0.15, -0.1) is 0 Å². The third-order valence-corrected chi connectivity index (χ3v) is 7.37. The molecule has 0 heterocycles. The number of hydrogen-bond donors (Lipinski definition) is 1. The van der Waals surface area contributed by atoms with Gasteiger partial charge in [-0.3, -0.25) is 0 Å². The fourth-order valence-corrected chi connectivity index (χ4v) is 5.98. The summed E-state index contributed by atoms with van der Waals surface area (Å²) in [6, 6.07) is 39.8. The Balaban J connectivity index is 1.34. The Bertz CT molecular complexity index is 1600. The fraction of sp³-hybridized carbons (Fsp3) is 0. The molecule has 1 N–H and O–H groups in total. The van der Waals surface area contributed by atoms with Crippen LogP contribution >= 0.6 is 0 Å². The van der Waals surface area contributed by atoms with E-state index < -0.39 is 0 Å². The topological polar surface area (TPSA) is 12.0 Å². The van der Waals surface area contributed by atoms with Gasteiger partial charge in [0.1, 0.15) is 0 Å². The maximum absolute atomic E-state index is 3.81. The van der Waals surface area contributed by atoms with Gasteiger partial charge in [0.05, 0.1) is 0 Å². The monoisotopic (exact) mass is 417 g/mol. The highest BCUT2D eigenvalue weighted by Crippen LogP contribution is 2.51. The number of rotatable bonds is 2. The molecule has 152 valence electrons. The lowest BCUT2D eigenvalue weighted by Gasteiger charge is -2.15. The van der Waals surface area contributed by atoms with E-state index in [4.69, 9.17) is 0 Å². The number of fused-ring (bicyclic) bond motifs is 6. The van der Waals surface area contributed by atoms with Gasteiger partial charge in [-0.05, 0) is 67.4 Å². The van der Waals surface area contributed by atoms with Gasteiger partial charge in [-0.2, -0.15) is 0 Å². The van der Waals surface area contributed by atoms with Gasteiger partial charge in [0, 0.05) is 22.1 Å². The predicted octanol–water partition coefficient (Wildman–Crippen LogP) is 9.03. The van der Waals surface area contributed by atoms with Gasteiger partial charge >= 0.3 is 0 Å². The van der Waals surface area contributed by atoms with E-state index in [0.717, 1.165) is 11.4 Å². The van der Waals surface area contributed by atoms with E-state index in [1.807, 2.05) is 0 Å². The van der Waals surface area contributed by atoms with Crippen LogP contribution in [-0.4, -0.2) is 0 Å². The minimum Gasteiger partial charge on any atom is -0.355 e. The number of benzene rings is 6. The zero-order valence-electron chi connectivity index (χ0n) is 17.9. The first kappa shape index (κ1) is 17.2. The van der Waals surface area contributed by atoms with Crippen LogP contribution in [-0.2, 0) is 0 Å². The zero-order chi connectivity index (χ0) is 21.5. The molecule has 33 heavy (non-hydrogen) atoms. The average Bonchev–Trinajstić information content (AvgIpc) is 3.38. The van der Waals surface area contributed by atoms with E-state index in [0.29, 0.717) is 0 Å². The largest absolute Gasteiger partial charge is 0.355 e. The zero-order valence-corrected chi connectivity index (χ0v) is 17.9. The summed E-state index contributed by atoms with van der Waals surface area (Å²) in [6.07, 6.45) is 0. The van der Waals surface area contributed by atoms with Crippen molar-refractivity contribution in [3.05, 3.63) is 109 Å². The van der Waals surface area contributed by atoms with Crippen LogP contribution in [0, 0.1) is 0 Å². The summed E-state index contributed by atoms with van der Waals surface area (Å²) < 4.78 is 0. The first-order valence-electron chi connectivity index (χ1n) is 11.5. The molecule has 0 radical (unpaired) electrons. The smallest absolute Gasteiger partial charge is 0.0464 e. The summed E-state index contributed by atoms with van der Waals surface area (Å²) in [5, 5.41) is 9.05. The van der Waals surface area contributed by atoms with Gasteiger partial charge in [0.15, 0.2) is 0 Å². The van der Waals surface area contributed by atoms with E-state index in [2.05, 4.69) is 115 Å². The summed E-state index contributed by atoms with van der Waals surface area (Å²) in [7, 11) is 0. The first-order valence-corrected chi connectivity index (χ1v) is 11.5. The molecule has 0 aromatic heterocycles. The van der Waals surface area contributed by atoms with Crippen molar-refractivity contribution in [2.75, 3.05) is 5.32 Å². The van der Waals surface area contributed by atoms with Gasteiger partial charge < -0.3 is 5.32 Å². The van der Waals surface area contributed by atoms with Crippen molar-refractivity contribution in [3.63, 3.8) is 0 Å². The molecule has 6 aromatic rings. The molecule has 0 unspecified atom stereocenters. The van der Waals surface area contributed by atoms with Crippen molar-refractivity contribution in [1.29, 1.82) is 0 Å². The lowest BCUT2D eigenvalue weighted by Crippen LogP contribution is -1.94. The number of anilines is 2. The quantitative estimate of drug-likeness (QED) is 0.296. The fourth-order valence-electron chi connectivity index (χ4n) is 5.98. The Hall–Kier alpha value is -4.36. The van der Waals surface area contributed by atoms with E-state index in [-0.39, 0.29) is 0 Å². The second kappa shape index (κ2) is 6.11. The highest BCUT2D eigenvalue weighted by molar-refractivity contribution is 6.21. The summed E-state index contributed by atoms with van der Waals surface area (Å²) in [5.41, 5.74) is 13.0. The molecule has 0 spiro atoms. The minimum atomic E-state index is 1.15. The third kappa shape index (κ3) is 2.16. The van der Waals surface area contributed by atoms with E-state index in [1.165, 1.54) is 66.1 Å². The van der Waals surface area contributed by atoms with Crippen molar-refractivity contribution < 1.29 is 0 Å². The normalized spacial score (nSPS) is 12.2. The van der Waals surface area contributed by atoms with Crippen LogP contribution in [0.15, 0.2) is 109 Å². The molecule has 0 saturated heterocycles. The van der Waals surface area contributed by atoms with Crippen molar-refractivity contribution in [2.24, 2.45) is 0 Å². The maximum atomic E-state index is 3.81. The highest BCUT2D eigenvalue weighted by Gasteiger charge is 2.24. The van der Waals surface area contributed by atoms with Crippen molar-refractivity contribution >= 4 is 32.9 Å². The van der Waals surface area contributed by atoms with Crippen LogP contribution < -0.4 is 5.32 Å². The summed E-state index contributed by atoms with van der Waals surface area (Å²) in [5.74, 6) is 0. The molecule has 0 fully saturated rings. The van der Waals surface area contributed by atoms with Crippen LogP contribution in [0.5, 0.6) is 0 Å². The number of nitrogens with one attached hydrogen (secondary N) is 1. The molecule has 8 rings (SSSR count). The van der Waals surface area contributed by atoms with E-state index in [1.54, 1.807) is 0 Å². The van der Waals surface area contributed by atoms with Crippen LogP contribution in [0.2, 0.25) is 0 Å². The molecule has 2 aliphatic rings. The van der Waals surface area contributed by atoms with E-state index >= 15 is 0 Å². The van der Waals surface area contributed by atoms with E-state index in [9.17, 15) is 0 Å². The molecule has 1 heteroatoms. The molecule has 0 saturated carbocycles. The standard InChI is InChI=1S/C32H19N/c1-3-9-21-19(7-1)23-11-5-13-27-29(17-15-25(21)31(23)27)33-30-18-16-26-22-10-4-2-8-20(22)24-12-6-14-28(30)32(24)26/h1-18,33H. The second-order valence-corrected chi connectivity index (χ2v) is 8.99. The van der Waals surface area contributed by atoms with Gasteiger partial charge in [-0.1, -0.05) is 97.1 Å². The van der Waals surface area contributed by atoms with Crippen molar-refractivity contribution in [2.45, 2.75) is 0 Å². The second-order valence-electron chi connectivity index (χ2n) is 8.99. The predicted molar refractivity (Wildman–Crippen MR) is 140 cm³/mol. The first-order chi connectivity index (χ1) is 16.4. The van der Waals surface area contributed by atoms with Crippen LogP contribution in [0.1, 0.15) is 0 Å². The number of hydrogen-bond acceptors (Lipinski definition) is 1. The Morgan fingerprint density at radius 1 is 0.303 bits per heavy atom. The van der Waals surface area contributed by atoms with Gasteiger partial charge in [-0.25, -0.2) is 0 Å². The van der Waals surface area contributed by atoms with Crippen LogP contribution in [0.3, 0.4) is 0 Å². The lowest BCUT2D eigenvalue weighted by atomic mass is 9.99. The SMILES string of the molecule is c1ccc2c(c1)-c1cccc3c(Nc4ccc5c6c(cccc46)-c4ccccc4-5)ccc-2c13. The van der Waals surface area contributed by atoms with Crippen LogP contribution in [0.25, 0.3) is 66.1 Å². The van der Waals surface area contributed by atoms with Crippen molar-refractivity contribution in [3.8, 4) is 44.5 Å². The van der Waals surface area contributed by atoms with Gasteiger partial charge in [0.25, 0.3) is 0 Å². The summed E-state index contributed by atoms with van der Waals surface area (Å²) in [6.45, 7) is 0. The average molecular weight is 418 g/mol. The Morgan fingerprint density at radius 2 is 0.667 bits per heavy atom.